The molecule has 1 nitrogen and oxygen atoms in total. The third-order valence-corrected chi connectivity index (χ3v) is 2.85. The summed E-state index contributed by atoms with van der Waals surface area (Å²) in [5.74, 6) is 0. The second kappa shape index (κ2) is 9.26. The predicted octanol–water partition coefficient (Wildman–Crippen LogP) is 3.90. The number of hydrogen-bond acceptors (Lipinski definition) is 1. The minimum Gasteiger partial charge on any atom is -0.317 e. The van der Waals surface area contributed by atoms with Crippen LogP contribution in [0.2, 0.25) is 0 Å². The summed E-state index contributed by atoms with van der Waals surface area (Å²) in [5.41, 5.74) is 1.37. The van der Waals surface area contributed by atoms with Crippen LogP contribution in [0.1, 0.15) is 58.8 Å². The Morgan fingerprint density at radius 1 is 1.21 bits per heavy atom. The van der Waals surface area contributed by atoms with Crippen LogP contribution in [-0.4, -0.2) is 13.1 Å². The van der Waals surface area contributed by atoms with Gasteiger partial charge in [-0.2, -0.15) is 0 Å². The van der Waals surface area contributed by atoms with E-state index in [4.69, 9.17) is 0 Å². The van der Waals surface area contributed by atoms with E-state index >= 15 is 0 Å². The molecule has 84 valence electrons. The fourth-order valence-corrected chi connectivity index (χ4v) is 1.66. The van der Waals surface area contributed by atoms with Crippen molar-refractivity contribution in [3.05, 3.63) is 12.2 Å². The predicted molar refractivity (Wildman–Crippen MR) is 65.7 cm³/mol. The standard InChI is InChI=1S/C13H27N/c1-5-7-8-9-10-13(14-4)11-12(3)6-2/h13-14H,3,5-11H2,1-2,4H3. The topological polar surface area (TPSA) is 12.0 Å². The van der Waals surface area contributed by atoms with E-state index in [-0.39, 0.29) is 0 Å². The van der Waals surface area contributed by atoms with Gasteiger partial charge in [-0.25, -0.2) is 0 Å². The first-order valence-corrected chi connectivity index (χ1v) is 6.08. The van der Waals surface area contributed by atoms with Gasteiger partial charge >= 0.3 is 0 Å². The highest BCUT2D eigenvalue weighted by molar-refractivity contribution is 4.96. The van der Waals surface area contributed by atoms with Crippen molar-refractivity contribution in [1.29, 1.82) is 0 Å². The molecular weight excluding hydrogens is 170 g/mol. The summed E-state index contributed by atoms with van der Waals surface area (Å²) in [6.07, 6.45) is 9.02. The molecule has 1 N–H and O–H groups in total. The maximum absolute atomic E-state index is 4.07. The molecule has 0 heterocycles. The zero-order valence-corrected chi connectivity index (χ0v) is 10.2. The smallest absolute Gasteiger partial charge is 0.0101 e. The number of unbranched alkanes of at least 4 members (excludes halogenated alkanes) is 3. The number of rotatable bonds is 9. The van der Waals surface area contributed by atoms with Crippen LogP contribution in [0.3, 0.4) is 0 Å². The third-order valence-electron chi connectivity index (χ3n) is 2.85. The largest absolute Gasteiger partial charge is 0.317 e. The zero-order valence-electron chi connectivity index (χ0n) is 10.2. The van der Waals surface area contributed by atoms with Crippen molar-refractivity contribution in [2.75, 3.05) is 7.05 Å². The van der Waals surface area contributed by atoms with Gasteiger partial charge in [0.15, 0.2) is 0 Å². The molecule has 14 heavy (non-hydrogen) atoms. The molecule has 0 aliphatic carbocycles. The van der Waals surface area contributed by atoms with E-state index in [1.807, 2.05) is 0 Å². The third kappa shape index (κ3) is 7.14. The van der Waals surface area contributed by atoms with Crippen LogP contribution in [0.25, 0.3) is 0 Å². The molecular formula is C13H27N. The Bertz CT molecular complexity index is 140. The maximum Gasteiger partial charge on any atom is 0.0101 e. The first-order chi connectivity index (χ1) is 6.74. The van der Waals surface area contributed by atoms with Gasteiger partial charge < -0.3 is 5.32 Å². The van der Waals surface area contributed by atoms with Crippen LogP contribution in [0, 0.1) is 0 Å². The Balaban J connectivity index is 3.52. The zero-order chi connectivity index (χ0) is 10.8. The molecule has 0 aromatic rings. The molecule has 0 amide bonds. The second-order valence-electron chi connectivity index (χ2n) is 4.14. The lowest BCUT2D eigenvalue weighted by Gasteiger charge is -2.16. The van der Waals surface area contributed by atoms with Crippen molar-refractivity contribution in [3.63, 3.8) is 0 Å². The van der Waals surface area contributed by atoms with Crippen molar-refractivity contribution < 1.29 is 0 Å². The summed E-state index contributed by atoms with van der Waals surface area (Å²) in [4.78, 5) is 0. The van der Waals surface area contributed by atoms with E-state index in [0.29, 0.717) is 6.04 Å². The molecule has 0 bridgehead atoms. The molecule has 0 spiro atoms. The van der Waals surface area contributed by atoms with E-state index in [1.54, 1.807) is 0 Å². The van der Waals surface area contributed by atoms with Gasteiger partial charge in [0, 0.05) is 6.04 Å². The van der Waals surface area contributed by atoms with E-state index < -0.39 is 0 Å². The van der Waals surface area contributed by atoms with Gasteiger partial charge in [0.25, 0.3) is 0 Å². The molecule has 1 atom stereocenters. The van der Waals surface area contributed by atoms with E-state index in [9.17, 15) is 0 Å². The van der Waals surface area contributed by atoms with Crippen LogP contribution in [0.5, 0.6) is 0 Å². The molecule has 0 fully saturated rings. The van der Waals surface area contributed by atoms with Crippen molar-refractivity contribution in [2.24, 2.45) is 0 Å². The minimum atomic E-state index is 0.652. The average molecular weight is 197 g/mol. The molecule has 0 radical (unpaired) electrons. The Labute approximate surface area is 90.0 Å². The Hall–Kier alpha value is -0.300. The summed E-state index contributed by atoms with van der Waals surface area (Å²) >= 11 is 0. The summed E-state index contributed by atoms with van der Waals surface area (Å²) in [5, 5.41) is 3.38. The maximum atomic E-state index is 4.07. The second-order valence-corrected chi connectivity index (χ2v) is 4.14. The van der Waals surface area contributed by atoms with E-state index in [2.05, 4.69) is 32.8 Å². The lowest BCUT2D eigenvalue weighted by molar-refractivity contribution is 0.481. The summed E-state index contributed by atoms with van der Waals surface area (Å²) in [6.45, 7) is 8.51. The molecule has 0 aromatic heterocycles. The van der Waals surface area contributed by atoms with Crippen molar-refractivity contribution in [3.8, 4) is 0 Å². The summed E-state index contributed by atoms with van der Waals surface area (Å²) in [7, 11) is 2.06. The molecule has 0 saturated heterocycles. The Kier molecular flexibility index (Phi) is 9.06. The number of nitrogens with one attached hydrogen (secondary N) is 1. The lowest BCUT2D eigenvalue weighted by Crippen LogP contribution is -2.25. The van der Waals surface area contributed by atoms with Crippen LogP contribution in [-0.2, 0) is 0 Å². The van der Waals surface area contributed by atoms with Gasteiger partial charge in [0.2, 0.25) is 0 Å². The fraction of sp³-hybridized carbons (Fsp3) is 0.846. The van der Waals surface area contributed by atoms with Gasteiger partial charge in [-0.3, -0.25) is 0 Å². The fourth-order valence-electron chi connectivity index (χ4n) is 1.66. The highest BCUT2D eigenvalue weighted by atomic mass is 14.9. The monoisotopic (exact) mass is 197 g/mol. The molecule has 0 aliphatic heterocycles. The van der Waals surface area contributed by atoms with Crippen molar-refractivity contribution >= 4 is 0 Å². The van der Waals surface area contributed by atoms with Crippen molar-refractivity contribution in [2.45, 2.75) is 64.8 Å². The van der Waals surface area contributed by atoms with E-state index in [0.717, 1.165) is 12.8 Å². The first kappa shape index (κ1) is 13.7. The lowest BCUT2D eigenvalue weighted by atomic mass is 10.00. The van der Waals surface area contributed by atoms with Crippen LogP contribution in [0.15, 0.2) is 12.2 Å². The highest BCUT2D eigenvalue weighted by Crippen LogP contribution is 2.13. The molecule has 1 heteroatoms. The first-order valence-electron chi connectivity index (χ1n) is 6.08. The molecule has 0 aromatic carbocycles. The summed E-state index contributed by atoms with van der Waals surface area (Å²) in [6, 6.07) is 0.652. The van der Waals surface area contributed by atoms with Crippen LogP contribution >= 0.6 is 0 Å². The van der Waals surface area contributed by atoms with Gasteiger partial charge in [0.1, 0.15) is 0 Å². The Morgan fingerprint density at radius 3 is 2.43 bits per heavy atom. The Morgan fingerprint density at radius 2 is 1.93 bits per heavy atom. The normalized spacial score (nSPS) is 12.8. The van der Waals surface area contributed by atoms with Gasteiger partial charge in [-0.05, 0) is 26.3 Å². The van der Waals surface area contributed by atoms with Crippen molar-refractivity contribution in [1.82, 2.24) is 5.32 Å². The van der Waals surface area contributed by atoms with E-state index in [1.165, 1.54) is 37.7 Å². The van der Waals surface area contributed by atoms with Gasteiger partial charge in [0.05, 0.1) is 0 Å². The van der Waals surface area contributed by atoms with Gasteiger partial charge in [-0.1, -0.05) is 51.7 Å². The quantitative estimate of drug-likeness (QED) is 0.436. The summed E-state index contributed by atoms with van der Waals surface area (Å²) < 4.78 is 0. The molecule has 0 aliphatic rings. The molecule has 1 unspecified atom stereocenters. The number of hydrogen-bond donors (Lipinski definition) is 1. The minimum absolute atomic E-state index is 0.652. The van der Waals surface area contributed by atoms with Gasteiger partial charge in [-0.15, -0.1) is 0 Å². The average Bonchev–Trinajstić information content (AvgIpc) is 2.22. The SMILES string of the molecule is C=C(CC)CC(CCCCCC)NC. The highest BCUT2D eigenvalue weighted by Gasteiger charge is 2.06. The van der Waals surface area contributed by atoms with Crippen LogP contribution < -0.4 is 5.32 Å². The molecule has 0 saturated carbocycles. The van der Waals surface area contributed by atoms with Crippen LogP contribution in [0.4, 0.5) is 0 Å². The molecule has 0 rings (SSSR count).